The van der Waals surface area contributed by atoms with Crippen molar-refractivity contribution in [2.45, 2.75) is 24.1 Å². The number of hydrogen-bond donors (Lipinski definition) is 6. The number of rotatable bonds is 11. The second-order valence-corrected chi connectivity index (χ2v) is 12.6. The molecule has 7 N–H and O–H groups in total. The normalized spacial score (nSPS) is 18.2. The van der Waals surface area contributed by atoms with Gasteiger partial charge in [-0.25, -0.2) is 27.9 Å². The molecular weight excluding hydrogens is 704 g/mol. The first kappa shape index (κ1) is 33.9. The number of anilines is 1. The summed E-state index contributed by atoms with van der Waals surface area (Å²) in [5, 5.41) is 45.1. The molecule has 258 valence electrons. The number of allylic oxidation sites excluding steroid dienone is 2. The molecule has 0 bridgehead atoms. The number of thioether (sulfide) groups is 1. The first-order valence-corrected chi connectivity index (χ1v) is 16.2. The Kier molecular flexibility index (Phi) is 9.13. The lowest BCUT2D eigenvalue weighted by Gasteiger charge is -2.49. The highest BCUT2D eigenvalue weighted by atomic mass is 32.2. The molecule has 0 saturated carbocycles. The Morgan fingerprint density at radius 3 is 2.70 bits per heavy atom. The molecule has 2 aliphatic rings. The third-order valence-electron chi connectivity index (χ3n) is 7.60. The van der Waals surface area contributed by atoms with Gasteiger partial charge < -0.3 is 36.3 Å². The predicted molar refractivity (Wildman–Crippen MR) is 171 cm³/mol. The van der Waals surface area contributed by atoms with Crippen LogP contribution in [0.15, 0.2) is 76.8 Å². The SMILES string of the molecule is Nc1nc(/C(=N/OC(C(=O)O)c2cc(O)c(O)c(F)c2F)C(=O)N[C@@H]2C(=O)N3C(C(=O)O)=C(/C=C/C[n+]4ccn5ccccc54)CS[C@H]23)cs1. The lowest BCUT2D eigenvalue weighted by atomic mass is 10.0. The number of aliphatic carboxylic acids is 2. The van der Waals surface area contributed by atoms with Gasteiger partial charge in [-0.3, -0.25) is 14.5 Å². The summed E-state index contributed by atoms with van der Waals surface area (Å²) < 4.78 is 32.5. The summed E-state index contributed by atoms with van der Waals surface area (Å²) >= 11 is 2.05. The number of fused-ring (bicyclic) bond motifs is 2. The van der Waals surface area contributed by atoms with Gasteiger partial charge in [0.2, 0.25) is 5.82 Å². The smallest absolute Gasteiger partial charge is 0.352 e. The van der Waals surface area contributed by atoms with Crippen LogP contribution >= 0.6 is 23.1 Å². The zero-order valence-corrected chi connectivity index (χ0v) is 26.8. The third-order valence-corrected chi connectivity index (χ3v) is 9.58. The van der Waals surface area contributed by atoms with Gasteiger partial charge in [-0.15, -0.1) is 23.1 Å². The number of thiazole rings is 1. The lowest BCUT2D eigenvalue weighted by molar-refractivity contribution is -0.660. The summed E-state index contributed by atoms with van der Waals surface area (Å²) in [5.74, 6) is -11.5. The summed E-state index contributed by atoms with van der Waals surface area (Å²) in [5.41, 5.74) is 4.68. The molecule has 2 amide bonds. The van der Waals surface area contributed by atoms with Crippen molar-refractivity contribution in [3.05, 3.63) is 94.6 Å². The van der Waals surface area contributed by atoms with Gasteiger partial charge in [0, 0.05) is 22.8 Å². The molecule has 5 heterocycles. The van der Waals surface area contributed by atoms with Crippen molar-refractivity contribution in [1.82, 2.24) is 19.6 Å². The van der Waals surface area contributed by atoms with Crippen molar-refractivity contribution in [3.63, 3.8) is 0 Å². The summed E-state index contributed by atoms with van der Waals surface area (Å²) in [6.45, 7) is 0.418. The fraction of sp³-hybridized carbons (Fsp3) is 0.167. The fourth-order valence-corrected chi connectivity index (χ4v) is 7.11. The molecule has 0 spiro atoms. The molecule has 0 radical (unpaired) electrons. The number of nitrogens with two attached hydrogens (primary N) is 1. The van der Waals surface area contributed by atoms with E-state index in [9.17, 15) is 48.4 Å². The molecule has 1 aromatic carbocycles. The molecule has 1 unspecified atom stereocenters. The molecule has 16 nitrogen and oxygen atoms in total. The number of carboxylic acid groups (broad SMARTS) is 2. The molecule has 0 aliphatic carbocycles. The summed E-state index contributed by atoms with van der Waals surface area (Å²) in [7, 11) is 0. The molecule has 1 fully saturated rings. The maximum atomic E-state index is 14.6. The van der Waals surface area contributed by atoms with E-state index >= 15 is 0 Å². The number of aromatic nitrogens is 3. The van der Waals surface area contributed by atoms with E-state index in [0.717, 1.165) is 21.9 Å². The van der Waals surface area contributed by atoms with Gasteiger partial charge >= 0.3 is 11.9 Å². The Hall–Kier alpha value is -6.02. The number of phenols is 2. The van der Waals surface area contributed by atoms with Crippen molar-refractivity contribution >= 4 is 63.3 Å². The number of carbonyl (C=O) groups is 4. The minimum absolute atomic E-state index is 0.0406. The van der Waals surface area contributed by atoms with Crippen molar-refractivity contribution in [3.8, 4) is 11.5 Å². The Morgan fingerprint density at radius 2 is 2.00 bits per heavy atom. The number of aromatic hydroxyl groups is 2. The minimum Gasteiger partial charge on any atom is -0.504 e. The topological polar surface area (TPSA) is 233 Å². The molecule has 50 heavy (non-hydrogen) atoms. The van der Waals surface area contributed by atoms with Crippen LogP contribution in [0.5, 0.6) is 11.5 Å². The maximum absolute atomic E-state index is 14.6. The molecule has 4 aromatic rings. The lowest BCUT2D eigenvalue weighted by Crippen LogP contribution is -2.71. The maximum Gasteiger partial charge on any atom is 0.352 e. The Balaban J connectivity index is 1.22. The zero-order valence-electron chi connectivity index (χ0n) is 25.1. The van der Waals surface area contributed by atoms with Crippen LogP contribution in [-0.2, 0) is 30.6 Å². The number of oxime groups is 1. The van der Waals surface area contributed by atoms with Gasteiger partial charge in [0.25, 0.3) is 23.6 Å². The quantitative estimate of drug-likeness (QED) is 0.0424. The van der Waals surface area contributed by atoms with Crippen LogP contribution in [0.4, 0.5) is 13.9 Å². The van der Waals surface area contributed by atoms with Gasteiger partial charge in [-0.05, 0) is 23.8 Å². The average molecular weight is 729 g/mol. The Morgan fingerprint density at radius 1 is 1.22 bits per heavy atom. The number of imidazole rings is 1. The van der Waals surface area contributed by atoms with Gasteiger partial charge in [-0.1, -0.05) is 17.3 Å². The second kappa shape index (κ2) is 13.5. The monoisotopic (exact) mass is 728 g/mol. The van der Waals surface area contributed by atoms with Crippen molar-refractivity contribution in [2.24, 2.45) is 5.16 Å². The van der Waals surface area contributed by atoms with Gasteiger partial charge in [-0.2, -0.15) is 4.39 Å². The first-order chi connectivity index (χ1) is 23.9. The van der Waals surface area contributed by atoms with E-state index in [-0.39, 0.29) is 22.3 Å². The number of β-lactam (4-membered cyclic amide) rings is 1. The minimum atomic E-state index is -2.44. The highest BCUT2D eigenvalue weighted by Crippen LogP contribution is 2.41. The number of nitrogen functional groups attached to an aromatic ring is 1. The fourth-order valence-electron chi connectivity index (χ4n) is 5.24. The van der Waals surface area contributed by atoms with Gasteiger partial charge in [0.05, 0.1) is 6.20 Å². The number of phenolic OH excluding ortho intramolecular Hbond substituents is 2. The van der Waals surface area contributed by atoms with E-state index < -0.39 is 75.7 Å². The van der Waals surface area contributed by atoms with Crippen LogP contribution in [0.1, 0.15) is 17.4 Å². The van der Waals surface area contributed by atoms with Crippen molar-refractivity contribution in [1.29, 1.82) is 0 Å². The van der Waals surface area contributed by atoms with E-state index in [1.165, 1.54) is 17.1 Å². The number of carbonyl (C=O) groups excluding carboxylic acids is 2. The number of pyridine rings is 1. The van der Waals surface area contributed by atoms with Crippen LogP contribution in [0, 0.1) is 11.6 Å². The predicted octanol–water partition coefficient (Wildman–Crippen LogP) is 1.50. The van der Waals surface area contributed by atoms with Crippen molar-refractivity contribution < 1.29 is 57.8 Å². The van der Waals surface area contributed by atoms with Crippen molar-refractivity contribution in [2.75, 3.05) is 11.5 Å². The number of benzene rings is 1. The highest BCUT2D eigenvalue weighted by molar-refractivity contribution is 8.00. The number of nitrogens with zero attached hydrogens (tertiary/aromatic N) is 5. The summed E-state index contributed by atoms with van der Waals surface area (Å²) in [4.78, 5) is 60.9. The largest absolute Gasteiger partial charge is 0.504 e. The molecule has 20 heteroatoms. The number of nitrogens with one attached hydrogen (secondary N) is 1. The molecule has 1 saturated heterocycles. The molecule has 6 rings (SSSR count). The van der Waals surface area contributed by atoms with Crippen LogP contribution in [0.3, 0.4) is 0 Å². The van der Waals surface area contributed by atoms with Crippen LogP contribution in [-0.4, -0.2) is 81.3 Å². The standard InChI is InChI=1S/C30H23F2N7O9S2/c31-18-14(10-16(40)23(41)19(18)32)24(29(46)47)48-36-20(15-12-50-30(33)34-15)25(42)35-21-26(43)39-22(28(44)45)13(11-49-27(21)39)4-3-7-38-9-8-37-6-2-1-5-17(37)38/h1-6,8-10,12,21,24,27H,7,11H2,(H6-,33,34,35,36,40,41,42,44,45,46,47)/p+1/b4-3+/t21-,24?,27-/m1/s1. The Labute approximate surface area is 287 Å². The van der Waals surface area contributed by atoms with E-state index in [2.05, 4.69) is 15.5 Å². The number of halogens is 2. The van der Waals surface area contributed by atoms with Crippen LogP contribution in [0.2, 0.25) is 0 Å². The van der Waals surface area contributed by atoms with E-state index in [1.54, 1.807) is 12.2 Å². The van der Waals surface area contributed by atoms with E-state index in [1.807, 2.05) is 45.8 Å². The summed E-state index contributed by atoms with van der Waals surface area (Å²) in [6, 6.07) is 4.84. The molecule has 3 atom stereocenters. The third kappa shape index (κ3) is 6.16. The average Bonchev–Trinajstić information content (AvgIpc) is 3.71. The molecule has 3 aromatic heterocycles. The van der Waals surface area contributed by atoms with Gasteiger partial charge in [0.1, 0.15) is 41.7 Å². The second-order valence-electron chi connectivity index (χ2n) is 10.7. The first-order valence-electron chi connectivity index (χ1n) is 14.3. The highest BCUT2D eigenvalue weighted by Gasteiger charge is 2.54. The molecular formula is C30H24F2N7O9S2+. The number of amides is 2. The number of carboxylic acids is 2. The number of hydrogen-bond acceptors (Lipinski definition) is 12. The Bertz CT molecular complexity index is 2170. The van der Waals surface area contributed by atoms with Crippen LogP contribution in [0.25, 0.3) is 5.65 Å². The van der Waals surface area contributed by atoms with E-state index in [0.29, 0.717) is 18.2 Å². The van der Waals surface area contributed by atoms with Gasteiger partial charge in [0.15, 0.2) is 28.2 Å². The zero-order chi connectivity index (χ0) is 35.9. The van der Waals surface area contributed by atoms with E-state index in [4.69, 9.17) is 10.6 Å². The van der Waals surface area contributed by atoms with Crippen LogP contribution < -0.4 is 15.6 Å². The molecule has 2 aliphatic heterocycles. The summed E-state index contributed by atoms with van der Waals surface area (Å²) in [6.07, 6.45) is 6.58.